The number of nitrogens with zero attached hydrogens (tertiary/aromatic N) is 2. The first-order valence-corrected chi connectivity index (χ1v) is 9.37. The fourth-order valence-electron chi connectivity index (χ4n) is 2.05. The van der Waals surface area contributed by atoms with E-state index in [1.807, 2.05) is 6.07 Å². The highest BCUT2D eigenvalue weighted by Crippen LogP contribution is 2.30. The third kappa shape index (κ3) is 5.97. The van der Waals surface area contributed by atoms with Crippen molar-refractivity contribution in [3.8, 4) is 5.75 Å². The van der Waals surface area contributed by atoms with E-state index >= 15 is 0 Å². The van der Waals surface area contributed by atoms with E-state index in [0.29, 0.717) is 26.4 Å². The highest BCUT2D eigenvalue weighted by atomic mass is 32.2. The van der Waals surface area contributed by atoms with Gasteiger partial charge in [0.05, 0.1) is 0 Å². The van der Waals surface area contributed by atoms with Gasteiger partial charge in [0.2, 0.25) is 5.13 Å². The summed E-state index contributed by atoms with van der Waals surface area (Å²) in [5, 5.41) is 10.9. The zero-order chi connectivity index (χ0) is 19.3. The number of amides is 1. The Morgan fingerprint density at radius 2 is 1.89 bits per heavy atom. The topological polar surface area (TPSA) is 64.1 Å². The summed E-state index contributed by atoms with van der Waals surface area (Å²) in [6, 6.07) is 14.4. The number of benzene rings is 2. The van der Waals surface area contributed by atoms with Gasteiger partial charge in [-0.05, 0) is 29.8 Å². The van der Waals surface area contributed by atoms with Crippen LogP contribution in [0.1, 0.15) is 15.9 Å². The van der Waals surface area contributed by atoms with E-state index in [4.69, 9.17) is 0 Å². The molecule has 140 valence electrons. The Bertz CT molecular complexity index is 917. The van der Waals surface area contributed by atoms with Gasteiger partial charge in [0.25, 0.3) is 5.91 Å². The molecule has 0 unspecified atom stereocenters. The Morgan fingerprint density at radius 3 is 2.63 bits per heavy atom. The molecule has 0 aliphatic carbocycles. The monoisotopic (exact) mass is 411 g/mol. The van der Waals surface area contributed by atoms with E-state index in [0.717, 1.165) is 0 Å². The van der Waals surface area contributed by atoms with E-state index in [-0.39, 0.29) is 11.7 Å². The van der Waals surface area contributed by atoms with Gasteiger partial charge in [-0.15, -0.1) is 23.4 Å². The number of carbonyl (C=O) groups is 1. The number of carbonyl (C=O) groups excluding carboxylic acids is 1. The Morgan fingerprint density at radius 1 is 1.11 bits per heavy atom. The number of hydrogen-bond acceptors (Lipinski definition) is 6. The number of anilines is 1. The van der Waals surface area contributed by atoms with Gasteiger partial charge in [0, 0.05) is 11.3 Å². The van der Waals surface area contributed by atoms with Crippen molar-refractivity contribution >= 4 is 34.1 Å². The van der Waals surface area contributed by atoms with Crippen molar-refractivity contribution in [1.82, 2.24) is 10.2 Å². The summed E-state index contributed by atoms with van der Waals surface area (Å²) in [5.74, 6) is -0.176. The van der Waals surface area contributed by atoms with Crippen LogP contribution in [0.25, 0.3) is 0 Å². The van der Waals surface area contributed by atoms with Gasteiger partial charge in [0.1, 0.15) is 5.75 Å². The summed E-state index contributed by atoms with van der Waals surface area (Å²) in [7, 11) is 0. The van der Waals surface area contributed by atoms with Crippen LogP contribution in [0.4, 0.5) is 18.3 Å². The number of aromatic nitrogens is 2. The number of rotatable bonds is 6. The highest BCUT2D eigenvalue weighted by molar-refractivity contribution is 8.00. The Balaban J connectivity index is 1.57. The summed E-state index contributed by atoms with van der Waals surface area (Å²) in [6.07, 6.45) is -4.73. The van der Waals surface area contributed by atoms with Crippen molar-refractivity contribution in [1.29, 1.82) is 0 Å². The van der Waals surface area contributed by atoms with Crippen LogP contribution in [-0.4, -0.2) is 22.5 Å². The number of halogens is 3. The molecular formula is C17H12F3N3O2S2. The second-order valence-corrected chi connectivity index (χ2v) is 7.38. The number of ether oxygens (including phenoxy) is 1. The number of thioether (sulfide) groups is 1. The van der Waals surface area contributed by atoms with Crippen molar-refractivity contribution in [2.75, 3.05) is 5.32 Å². The van der Waals surface area contributed by atoms with Crippen molar-refractivity contribution < 1.29 is 22.7 Å². The molecule has 1 aromatic heterocycles. The third-order valence-corrected chi connectivity index (χ3v) is 5.20. The van der Waals surface area contributed by atoms with Gasteiger partial charge in [-0.3, -0.25) is 10.1 Å². The Kier molecular flexibility index (Phi) is 5.97. The van der Waals surface area contributed by atoms with Gasteiger partial charge in [-0.2, -0.15) is 0 Å². The number of alkyl halides is 3. The van der Waals surface area contributed by atoms with Crippen molar-refractivity contribution in [3.05, 3.63) is 65.7 Å². The molecule has 0 atom stereocenters. The van der Waals surface area contributed by atoms with Crippen molar-refractivity contribution in [3.63, 3.8) is 0 Å². The van der Waals surface area contributed by atoms with Gasteiger partial charge in [-0.1, -0.05) is 53.4 Å². The van der Waals surface area contributed by atoms with E-state index in [2.05, 4.69) is 20.3 Å². The van der Waals surface area contributed by atoms with E-state index in [1.54, 1.807) is 30.3 Å². The first-order valence-electron chi connectivity index (χ1n) is 7.56. The normalized spacial score (nSPS) is 11.2. The van der Waals surface area contributed by atoms with Crippen LogP contribution < -0.4 is 10.1 Å². The second-order valence-electron chi connectivity index (χ2n) is 5.18. The molecule has 1 amide bonds. The van der Waals surface area contributed by atoms with Gasteiger partial charge < -0.3 is 4.74 Å². The summed E-state index contributed by atoms with van der Waals surface area (Å²) in [4.78, 5) is 12.1. The molecule has 0 spiro atoms. The molecule has 0 saturated heterocycles. The molecule has 0 bridgehead atoms. The molecule has 2 aromatic carbocycles. The maximum Gasteiger partial charge on any atom is 0.573 e. The average Bonchev–Trinajstić information content (AvgIpc) is 3.07. The van der Waals surface area contributed by atoms with Crippen molar-refractivity contribution in [2.24, 2.45) is 0 Å². The summed E-state index contributed by atoms with van der Waals surface area (Å²) < 4.78 is 41.3. The maximum absolute atomic E-state index is 12.3. The number of hydrogen-bond donors (Lipinski definition) is 1. The maximum atomic E-state index is 12.3. The van der Waals surface area contributed by atoms with Crippen LogP contribution >= 0.6 is 23.1 Å². The van der Waals surface area contributed by atoms with Crippen LogP contribution in [0.15, 0.2) is 58.9 Å². The lowest BCUT2D eigenvalue weighted by Gasteiger charge is -2.09. The summed E-state index contributed by atoms with van der Waals surface area (Å²) in [5.41, 5.74) is 1.15. The molecule has 0 fully saturated rings. The summed E-state index contributed by atoms with van der Waals surface area (Å²) >= 11 is 2.49. The minimum Gasteiger partial charge on any atom is -0.406 e. The van der Waals surface area contributed by atoms with Gasteiger partial charge >= 0.3 is 6.36 Å². The number of nitrogens with one attached hydrogen (secondary N) is 1. The predicted octanol–water partition coefficient (Wildman–Crippen LogP) is 4.98. The molecule has 1 heterocycles. The average molecular weight is 411 g/mol. The third-order valence-electron chi connectivity index (χ3n) is 3.16. The SMILES string of the molecule is O=C(Nc1nnc(SCc2cccc(OC(F)(F)F)c2)s1)c1ccccc1. The fourth-order valence-corrected chi connectivity index (χ4v) is 3.74. The van der Waals surface area contributed by atoms with Crippen LogP contribution in [0, 0.1) is 0 Å². The lowest BCUT2D eigenvalue weighted by atomic mass is 10.2. The van der Waals surface area contributed by atoms with Crippen LogP contribution in [-0.2, 0) is 5.75 Å². The predicted molar refractivity (Wildman–Crippen MR) is 97.0 cm³/mol. The molecule has 5 nitrogen and oxygen atoms in total. The molecule has 0 radical (unpaired) electrons. The molecule has 3 rings (SSSR count). The second kappa shape index (κ2) is 8.40. The first kappa shape index (κ1) is 19.2. The zero-order valence-corrected chi connectivity index (χ0v) is 15.2. The molecule has 0 saturated carbocycles. The quantitative estimate of drug-likeness (QED) is 0.458. The minimum atomic E-state index is -4.73. The van der Waals surface area contributed by atoms with Crippen LogP contribution in [0.3, 0.4) is 0 Å². The first-order chi connectivity index (χ1) is 12.9. The van der Waals surface area contributed by atoms with E-state index in [9.17, 15) is 18.0 Å². The van der Waals surface area contributed by atoms with Gasteiger partial charge in [0.15, 0.2) is 4.34 Å². The van der Waals surface area contributed by atoms with E-state index in [1.165, 1.54) is 41.3 Å². The molecule has 0 aliphatic rings. The largest absolute Gasteiger partial charge is 0.573 e. The van der Waals surface area contributed by atoms with Crippen molar-refractivity contribution in [2.45, 2.75) is 16.5 Å². The van der Waals surface area contributed by atoms with Crippen LogP contribution in [0.5, 0.6) is 5.75 Å². The fraction of sp³-hybridized carbons (Fsp3) is 0.118. The van der Waals surface area contributed by atoms with Gasteiger partial charge in [-0.25, -0.2) is 0 Å². The van der Waals surface area contributed by atoms with Crippen LogP contribution in [0.2, 0.25) is 0 Å². The summed E-state index contributed by atoms with van der Waals surface area (Å²) in [6.45, 7) is 0. The lowest BCUT2D eigenvalue weighted by Crippen LogP contribution is -2.17. The Labute approximate surface area is 160 Å². The highest BCUT2D eigenvalue weighted by Gasteiger charge is 2.31. The molecule has 27 heavy (non-hydrogen) atoms. The molecule has 3 aromatic rings. The Hall–Kier alpha value is -2.59. The standard InChI is InChI=1S/C17H12F3N3O2S2/c18-17(19,20)25-13-8-4-5-11(9-13)10-26-16-23-22-15(27-16)21-14(24)12-6-2-1-3-7-12/h1-9H,10H2,(H,21,22,24). The zero-order valence-electron chi connectivity index (χ0n) is 13.6. The minimum absolute atomic E-state index is 0.270. The molecular weight excluding hydrogens is 399 g/mol. The lowest BCUT2D eigenvalue weighted by molar-refractivity contribution is -0.274. The molecule has 1 N–H and O–H groups in total. The molecule has 0 aliphatic heterocycles. The van der Waals surface area contributed by atoms with E-state index < -0.39 is 6.36 Å². The smallest absolute Gasteiger partial charge is 0.406 e. The molecule has 10 heteroatoms.